The Morgan fingerprint density at radius 2 is 2.00 bits per heavy atom. The minimum absolute atomic E-state index is 0.268. The summed E-state index contributed by atoms with van der Waals surface area (Å²) in [5, 5.41) is 3.35. The summed E-state index contributed by atoms with van der Waals surface area (Å²) in [6.45, 7) is 0. The van der Waals surface area contributed by atoms with E-state index in [2.05, 4.69) is 38.4 Å². The molecule has 0 aliphatic rings. The number of ether oxygens (including phenoxy) is 1. The monoisotopic (exact) mass is 320 g/mol. The van der Waals surface area contributed by atoms with E-state index in [-0.39, 0.29) is 6.04 Å². The lowest BCUT2D eigenvalue weighted by atomic mass is 9.99. The molecule has 0 bridgehead atoms. The van der Waals surface area contributed by atoms with Gasteiger partial charge in [-0.05, 0) is 64.8 Å². The van der Waals surface area contributed by atoms with Crippen LogP contribution in [0.2, 0.25) is 0 Å². The number of halogens is 1. The van der Waals surface area contributed by atoms with E-state index >= 15 is 0 Å². The molecule has 0 fully saturated rings. The molecular formula is C15H17BrN2O. The highest BCUT2D eigenvalue weighted by molar-refractivity contribution is 9.10. The average molecular weight is 321 g/mol. The quantitative estimate of drug-likeness (QED) is 0.917. The molecule has 1 heterocycles. The molecule has 0 spiro atoms. The van der Waals surface area contributed by atoms with Crippen molar-refractivity contribution in [3.05, 3.63) is 58.3 Å². The zero-order chi connectivity index (χ0) is 13.7. The number of likely N-dealkylation sites (N-methyl/N-ethyl adjacent to an activating group) is 1. The number of nitrogens with one attached hydrogen (secondary N) is 1. The van der Waals surface area contributed by atoms with Gasteiger partial charge in [0.2, 0.25) is 0 Å². The smallest absolute Gasteiger partial charge is 0.133 e. The number of methoxy groups -OCH3 is 1. The van der Waals surface area contributed by atoms with Crippen LogP contribution in [0.25, 0.3) is 0 Å². The predicted molar refractivity (Wildman–Crippen MR) is 80.4 cm³/mol. The number of hydrogen-bond acceptors (Lipinski definition) is 3. The molecule has 2 aromatic rings. The van der Waals surface area contributed by atoms with E-state index in [0.29, 0.717) is 0 Å². The summed E-state index contributed by atoms with van der Waals surface area (Å²) < 4.78 is 6.23. The minimum Gasteiger partial charge on any atom is -0.496 e. The first-order valence-electron chi connectivity index (χ1n) is 6.14. The van der Waals surface area contributed by atoms with E-state index in [1.807, 2.05) is 37.6 Å². The molecule has 0 amide bonds. The highest BCUT2D eigenvalue weighted by Gasteiger charge is 2.12. The van der Waals surface area contributed by atoms with Crippen LogP contribution < -0.4 is 10.1 Å². The number of pyridine rings is 1. The molecule has 0 saturated carbocycles. The summed E-state index contributed by atoms with van der Waals surface area (Å²) in [6, 6.07) is 10.5. The van der Waals surface area contributed by atoms with Gasteiger partial charge in [0.05, 0.1) is 11.6 Å². The number of nitrogens with zero attached hydrogens (tertiary/aromatic N) is 1. The van der Waals surface area contributed by atoms with Crippen molar-refractivity contribution in [1.29, 1.82) is 0 Å². The molecule has 3 nitrogen and oxygen atoms in total. The fourth-order valence-electron chi connectivity index (χ4n) is 2.04. The summed E-state index contributed by atoms with van der Waals surface area (Å²) in [7, 11) is 3.65. The van der Waals surface area contributed by atoms with Crippen molar-refractivity contribution in [1.82, 2.24) is 10.3 Å². The topological polar surface area (TPSA) is 34.2 Å². The molecule has 0 saturated heterocycles. The fourth-order valence-corrected chi connectivity index (χ4v) is 2.60. The Hall–Kier alpha value is -1.39. The van der Waals surface area contributed by atoms with Crippen LogP contribution in [0, 0.1) is 0 Å². The highest BCUT2D eigenvalue weighted by Crippen LogP contribution is 2.29. The van der Waals surface area contributed by atoms with Crippen LogP contribution in [0.1, 0.15) is 17.2 Å². The highest BCUT2D eigenvalue weighted by atomic mass is 79.9. The standard InChI is InChI=1S/C15H17BrN2O/c1-17-14(9-11-5-7-18-8-6-11)12-3-4-15(19-2)13(16)10-12/h3-8,10,14,17H,9H2,1-2H3. The van der Waals surface area contributed by atoms with Gasteiger partial charge < -0.3 is 10.1 Å². The molecule has 0 radical (unpaired) electrons. The van der Waals surface area contributed by atoms with E-state index in [1.54, 1.807) is 7.11 Å². The van der Waals surface area contributed by atoms with Gasteiger partial charge in [-0.2, -0.15) is 0 Å². The molecule has 0 aliphatic heterocycles. The van der Waals surface area contributed by atoms with Crippen molar-refractivity contribution in [2.75, 3.05) is 14.2 Å². The molecule has 100 valence electrons. The maximum Gasteiger partial charge on any atom is 0.133 e. The lowest BCUT2D eigenvalue weighted by Gasteiger charge is -2.18. The van der Waals surface area contributed by atoms with Gasteiger partial charge in [-0.3, -0.25) is 4.98 Å². The molecule has 0 aliphatic carbocycles. The largest absolute Gasteiger partial charge is 0.496 e. The van der Waals surface area contributed by atoms with Gasteiger partial charge in [-0.1, -0.05) is 6.07 Å². The van der Waals surface area contributed by atoms with Gasteiger partial charge in [0, 0.05) is 18.4 Å². The Kier molecular flexibility index (Phi) is 4.93. The molecule has 1 atom stereocenters. The second-order valence-corrected chi connectivity index (χ2v) is 5.15. The molecule has 4 heteroatoms. The van der Waals surface area contributed by atoms with Crippen LogP contribution >= 0.6 is 15.9 Å². The van der Waals surface area contributed by atoms with Crippen LogP contribution in [-0.2, 0) is 6.42 Å². The van der Waals surface area contributed by atoms with E-state index in [0.717, 1.165) is 16.6 Å². The Labute approximate surface area is 122 Å². The summed E-state index contributed by atoms with van der Waals surface area (Å²) in [5.41, 5.74) is 2.49. The first-order valence-corrected chi connectivity index (χ1v) is 6.93. The predicted octanol–water partition coefficient (Wildman–Crippen LogP) is 3.36. The van der Waals surface area contributed by atoms with Crippen LogP contribution in [0.5, 0.6) is 5.75 Å². The first kappa shape index (κ1) is 14.0. The Bertz CT molecular complexity index is 531. The Morgan fingerprint density at radius 3 is 2.58 bits per heavy atom. The third kappa shape index (κ3) is 3.55. The van der Waals surface area contributed by atoms with Gasteiger partial charge in [0.15, 0.2) is 0 Å². The van der Waals surface area contributed by atoms with E-state index in [9.17, 15) is 0 Å². The van der Waals surface area contributed by atoms with Crippen molar-refractivity contribution in [2.45, 2.75) is 12.5 Å². The molecule has 2 rings (SSSR count). The number of rotatable bonds is 5. The summed E-state index contributed by atoms with van der Waals surface area (Å²) in [6.07, 6.45) is 4.58. The van der Waals surface area contributed by atoms with Gasteiger partial charge in [0.1, 0.15) is 5.75 Å². The summed E-state index contributed by atoms with van der Waals surface area (Å²) in [4.78, 5) is 4.04. The minimum atomic E-state index is 0.268. The third-order valence-corrected chi connectivity index (χ3v) is 3.74. The van der Waals surface area contributed by atoms with Gasteiger partial charge >= 0.3 is 0 Å². The number of aromatic nitrogens is 1. The van der Waals surface area contributed by atoms with Gasteiger partial charge in [-0.15, -0.1) is 0 Å². The summed E-state index contributed by atoms with van der Waals surface area (Å²) in [5.74, 6) is 0.850. The maximum absolute atomic E-state index is 5.26. The Balaban J connectivity index is 2.20. The van der Waals surface area contributed by atoms with Crippen molar-refractivity contribution in [3.63, 3.8) is 0 Å². The van der Waals surface area contributed by atoms with Crippen LogP contribution in [-0.4, -0.2) is 19.1 Å². The third-order valence-electron chi connectivity index (χ3n) is 3.12. The maximum atomic E-state index is 5.26. The van der Waals surface area contributed by atoms with Gasteiger partial charge in [-0.25, -0.2) is 0 Å². The molecular weight excluding hydrogens is 304 g/mol. The van der Waals surface area contributed by atoms with Crippen molar-refractivity contribution < 1.29 is 4.74 Å². The molecule has 1 aromatic heterocycles. The molecule has 1 N–H and O–H groups in total. The average Bonchev–Trinajstić information content (AvgIpc) is 2.46. The van der Waals surface area contributed by atoms with E-state index < -0.39 is 0 Å². The van der Waals surface area contributed by atoms with E-state index in [4.69, 9.17) is 4.74 Å². The van der Waals surface area contributed by atoms with Crippen molar-refractivity contribution in [2.24, 2.45) is 0 Å². The second kappa shape index (κ2) is 6.68. The van der Waals surface area contributed by atoms with Gasteiger partial charge in [0.25, 0.3) is 0 Å². The lowest BCUT2D eigenvalue weighted by Crippen LogP contribution is -2.18. The number of hydrogen-bond donors (Lipinski definition) is 1. The molecule has 19 heavy (non-hydrogen) atoms. The second-order valence-electron chi connectivity index (χ2n) is 4.29. The van der Waals surface area contributed by atoms with Crippen molar-refractivity contribution in [3.8, 4) is 5.75 Å². The fraction of sp³-hybridized carbons (Fsp3) is 0.267. The zero-order valence-electron chi connectivity index (χ0n) is 11.1. The zero-order valence-corrected chi connectivity index (χ0v) is 12.6. The Morgan fingerprint density at radius 1 is 1.26 bits per heavy atom. The number of benzene rings is 1. The normalized spacial score (nSPS) is 12.2. The van der Waals surface area contributed by atoms with Crippen molar-refractivity contribution >= 4 is 15.9 Å². The summed E-state index contributed by atoms with van der Waals surface area (Å²) >= 11 is 3.53. The lowest BCUT2D eigenvalue weighted by molar-refractivity contribution is 0.411. The molecule has 1 unspecified atom stereocenters. The van der Waals surface area contributed by atoms with Crippen LogP contribution in [0.15, 0.2) is 47.2 Å². The van der Waals surface area contributed by atoms with Crippen LogP contribution in [0.3, 0.4) is 0 Å². The van der Waals surface area contributed by atoms with Crippen LogP contribution in [0.4, 0.5) is 0 Å². The van der Waals surface area contributed by atoms with E-state index in [1.165, 1.54) is 11.1 Å². The SMILES string of the molecule is CNC(Cc1ccncc1)c1ccc(OC)c(Br)c1. The molecule has 1 aromatic carbocycles. The first-order chi connectivity index (χ1) is 9.24.